The van der Waals surface area contributed by atoms with Crippen molar-refractivity contribution in [3.63, 3.8) is 0 Å². The lowest BCUT2D eigenvalue weighted by atomic mass is 9.71. The molecule has 1 heterocycles. The maximum absolute atomic E-state index is 15.1. The van der Waals surface area contributed by atoms with Gasteiger partial charge in [0.2, 0.25) is 0 Å². The zero-order valence-corrected chi connectivity index (χ0v) is 20.8. The van der Waals surface area contributed by atoms with Gasteiger partial charge in [0.25, 0.3) is 0 Å². The molecule has 1 aromatic rings. The number of rotatable bonds is 9. The average molecular weight is 482 g/mol. The molecule has 0 aromatic heterocycles. The van der Waals surface area contributed by atoms with E-state index < -0.39 is 17.2 Å². The van der Waals surface area contributed by atoms with E-state index in [1.165, 1.54) is 25.3 Å². The summed E-state index contributed by atoms with van der Waals surface area (Å²) in [5.41, 5.74) is 0.386. The van der Waals surface area contributed by atoms with Gasteiger partial charge in [-0.1, -0.05) is 32.3 Å². The van der Waals surface area contributed by atoms with E-state index in [1.807, 2.05) is 6.07 Å². The van der Waals surface area contributed by atoms with Crippen LogP contribution in [0, 0.1) is 29.0 Å². The van der Waals surface area contributed by atoms with Gasteiger partial charge in [-0.2, -0.15) is 13.2 Å². The average Bonchev–Trinajstić information content (AvgIpc) is 3.51. The van der Waals surface area contributed by atoms with Crippen molar-refractivity contribution in [1.29, 1.82) is 0 Å². The summed E-state index contributed by atoms with van der Waals surface area (Å²) in [5, 5.41) is 10.4. The first kappa shape index (κ1) is 25.7. The summed E-state index contributed by atoms with van der Waals surface area (Å²) in [4.78, 5) is 4.87. The zero-order chi connectivity index (χ0) is 24.7. The number of benzene rings is 1. The molecule has 1 aliphatic heterocycles. The van der Waals surface area contributed by atoms with Gasteiger partial charge in [0.05, 0.1) is 11.0 Å². The highest BCUT2D eigenvalue weighted by Crippen LogP contribution is 2.63. The van der Waals surface area contributed by atoms with Crippen molar-refractivity contribution in [2.75, 3.05) is 0 Å². The minimum Gasteiger partial charge on any atom is -0.386 e. The van der Waals surface area contributed by atoms with E-state index in [4.69, 9.17) is 4.99 Å². The molecule has 2 aliphatic carbocycles. The molecule has 0 radical (unpaired) electrons. The molecular weight excluding hydrogens is 442 g/mol. The molecule has 190 valence electrons. The highest BCUT2D eigenvalue weighted by molar-refractivity contribution is 5.90. The maximum Gasteiger partial charge on any atom is 0.394 e. The molecule has 2 fully saturated rings. The normalized spacial score (nSPS) is 23.5. The third-order valence-corrected chi connectivity index (χ3v) is 8.84. The Hall–Kier alpha value is -1.43. The van der Waals surface area contributed by atoms with E-state index in [0.717, 1.165) is 49.8 Å². The Morgan fingerprint density at radius 2 is 1.79 bits per heavy atom. The summed E-state index contributed by atoms with van der Waals surface area (Å²) >= 11 is 0. The molecule has 4 rings (SSSR count). The van der Waals surface area contributed by atoms with Gasteiger partial charge in [0, 0.05) is 11.6 Å². The van der Waals surface area contributed by atoms with E-state index >= 15 is 4.39 Å². The topological polar surface area (TPSA) is 32.6 Å². The molecule has 34 heavy (non-hydrogen) atoms. The molecular formula is C28H39F4NO. The van der Waals surface area contributed by atoms with Gasteiger partial charge in [0.15, 0.2) is 0 Å². The number of nitrogens with zero attached hydrogens (tertiary/aromatic N) is 1. The van der Waals surface area contributed by atoms with Gasteiger partial charge >= 0.3 is 6.18 Å². The standard InChI is InChI=1S/C28H39F4NO/c1-18(27(14-15-27)28(30,31)32)8-5-4-6-11-24-22(19-9-7-10-19)13-12-20-16-21(26(2,3)34)17-23(29)25(20)33-24/h16-19,22,34H,4-15H2,1-3H3. The number of unbranched alkanes of at least 4 members (excludes halogenated alkanes) is 2. The first-order valence-electron chi connectivity index (χ1n) is 13.1. The molecule has 1 aromatic carbocycles. The molecule has 2 atom stereocenters. The van der Waals surface area contributed by atoms with Crippen LogP contribution in [0.4, 0.5) is 23.2 Å². The summed E-state index contributed by atoms with van der Waals surface area (Å²) in [6, 6.07) is 3.30. The SMILES string of the molecule is CC(CCCCCC1=Nc2c(F)cc(C(C)(C)O)cc2CCC1C1CCC1)C1(C(F)(F)F)CC1. The van der Waals surface area contributed by atoms with E-state index in [9.17, 15) is 18.3 Å². The maximum atomic E-state index is 15.1. The van der Waals surface area contributed by atoms with E-state index in [0.29, 0.717) is 29.5 Å². The monoisotopic (exact) mass is 481 g/mol. The molecule has 3 aliphatic rings. The van der Waals surface area contributed by atoms with Gasteiger partial charge in [-0.15, -0.1) is 0 Å². The number of hydrogen-bond donors (Lipinski definition) is 1. The number of aryl methyl sites for hydroxylation is 1. The van der Waals surface area contributed by atoms with Crippen molar-refractivity contribution in [1.82, 2.24) is 0 Å². The lowest BCUT2D eigenvalue weighted by Gasteiger charge is -2.34. The first-order valence-corrected chi connectivity index (χ1v) is 13.1. The third kappa shape index (κ3) is 5.22. The highest BCUT2D eigenvalue weighted by atomic mass is 19.4. The second kappa shape index (κ2) is 9.55. The van der Waals surface area contributed by atoms with Gasteiger partial charge < -0.3 is 5.11 Å². The molecule has 0 spiro atoms. The summed E-state index contributed by atoms with van der Waals surface area (Å²) in [7, 11) is 0. The Morgan fingerprint density at radius 1 is 1.09 bits per heavy atom. The van der Waals surface area contributed by atoms with Crippen LogP contribution in [0.1, 0.15) is 103 Å². The number of hydrogen-bond acceptors (Lipinski definition) is 2. The summed E-state index contributed by atoms with van der Waals surface area (Å²) < 4.78 is 55.1. The molecule has 0 amide bonds. The Morgan fingerprint density at radius 3 is 2.35 bits per heavy atom. The Kier molecular flexibility index (Phi) is 7.21. The number of alkyl halides is 3. The molecule has 6 heteroatoms. The Bertz CT molecular complexity index is 906. The highest BCUT2D eigenvalue weighted by Gasteiger charge is 2.65. The van der Waals surface area contributed by atoms with Crippen LogP contribution in [-0.4, -0.2) is 17.0 Å². The smallest absolute Gasteiger partial charge is 0.386 e. The minimum atomic E-state index is -4.08. The largest absolute Gasteiger partial charge is 0.394 e. The second-order valence-corrected chi connectivity index (χ2v) is 11.6. The predicted molar refractivity (Wildman–Crippen MR) is 128 cm³/mol. The van der Waals surface area contributed by atoms with Crippen molar-refractivity contribution >= 4 is 11.4 Å². The predicted octanol–water partition coefficient (Wildman–Crippen LogP) is 8.42. The van der Waals surface area contributed by atoms with Crippen LogP contribution in [0.15, 0.2) is 17.1 Å². The van der Waals surface area contributed by atoms with Crippen LogP contribution in [-0.2, 0) is 12.0 Å². The second-order valence-electron chi connectivity index (χ2n) is 11.6. The van der Waals surface area contributed by atoms with Crippen molar-refractivity contribution in [3.8, 4) is 0 Å². The van der Waals surface area contributed by atoms with Crippen LogP contribution >= 0.6 is 0 Å². The van der Waals surface area contributed by atoms with E-state index in [1.54, 1.807) is 20.8 Å². The minimum absolute atomic E-state index is 0.275. The van der Waals surface area contributed by atoms with Gasteiger partial charge in [0.1, 0.15) is 11.5 Å². The lowest BCUT2D eigenvalue weighted by molar-refractivity contribution is -0.201. The molecule has 2 nitrogen and oxygen atoms in total. The van der Waals surface area contributed by atoms with Crippen LogP contribution < -0.4 is 0 Å². The number of aliphatic hydroxyl groups is 1. The summed E-state index contributed by atoms with van der Waals surface area (Å²) in [6.45, 7) is 5.08. The van der Waals surface area contributed by atoms with Crippen molar-refractivity contribution in [3.05, 3.63) is 29.1 Å². The van der Waals surface area contributed by atoms with Gasteiger partial charge in [-0.25, -0.2) is 4.39 Å². The quantitative estimate of drug-likeness (QED) is 0.279. The zero-order valence-electron chi connectivity index (χ0n) is 20.8. The van der Waals surface area contributed by atoms with Crippen molar-refractivity contribution in [2.45, 2.75) is 110 Å². The molecule has 2 unspecified atom stereocenters. The first-order chi connectivity index (χ1) is 15.9. The van der Waals surface area contributed by atoms with Crippen molar-refractivity contribution < 1.29 is 22.7 Å². The van der Waals surface area contributed by atoms with E-state index in [2.05, 4.69) is 0 Å². The fraction of sp³-hybridized carbons (Fsp3) is 0.750. The molecule has 2 saturated carbocycles. The lowest BCUT2D eigenvalue weighted by Crippen LogP contribution is -2.30. The molecule has 0 bridgehead atoms. The Balaban J connectivity index is 1.41. The van der Waals surface area contributed by atoms with Crippen LogP contribution in [0.3, 0.4) is 0 Å². The van der Waals surface area contributed by atoms with Crippen LogP contribution in [0.2, 0.25) is 0 Å². The number of fused-ring (bicyclic) bond motifs is 1. The van der Waals surface area contributed by atoms with Crippen LogP contribution in [0.25, 0.3) is 0 Å². The fourth-order valence-corrected chi connectivity index (χ4v) is 6.02. The molecule has 0 saturated heterocycles. The third-order valence-electron chi connectivity index (χ3n) is 8.84. The van der Waals surface area contributed by atoms with Crippen molar-refractivity contribution in [2.24, 2.45) is 28.2 Å². The van der Waals surface area contributed by atoms with Gasteiger partial charge in [-0.3, -0.25) is 4.99 Å². The number of aliphatic imine (C=N–C) groups is 1. The summed E-state index contributed by atoms with van der Waals surface area (Å²) in [5.74, 6) is 0.255. The van der Waals surface area contributed by atoms with Gasteiger partial charge in [-0.05, 0) is 101 Å². The summed E-state index contributed by atoms with van der Waals surface area (Å²) in [6.07, 6.45) is 5.71. The Labute approximate surface area is 201 Å². The van der Waals surface area contributed by atoms with Crippen LogP contribution in [0.5, 0.6) is 0 Å². The fourth-order valence-electron chi connectivity index (χ4n) is 6.02. The number of halogens is 4. The van der Waals surface area contributed by atoms with E-state index in [-0.39, 0.29) is 24.6 Å². The molecule has 1 N–H and O–H groups in total.